The van der Waals surface area contributed by atoms with Gasteiger partial charge in [0.1, 0.15) is 29.3 Å². The molecule has 0 radical (unpaired) electrons. The molecule has 2 aromatic rings. The van der Waals surface area contributed by atoms with Gasteiger partial charge in [-0.25, -0.2) is 4.98 Å². The Morgan fingerprint density at radius 1 is 1.32 bits per heavy atom. The zero-order valence-electron chi connectivity index (χ0n) is 10.3. The van der Waals surface area contributed by atoms with Gasteiger partial charge in [-0.3, -0.25) is 0 Å². The van der Waals surface area contributed by atoms with E-state index in [0.29, 0.717) is 28.8 Å². The Morgan fingerprint density at radius 3 is 2.79 bits per heavy atom. The number of hydrogen-bond donors (Lipinski definition) is 0. The molecule has 0 atom stereocenters. The van der Waals surface area contributed by atoms with Crippen molar-refractivity contribution in [3.05, 3.63) is 52.8 Å². The van der Waals surface area contributed by atoms with Crippen LogP contribution in [0, 0.1) is 11.3 Å². The maximum Gasteiger partial charge on any atom is 0.138 e. The normalized spacial score (nSPS) is 9.74. The fourth-order valence-electron chi connectivity index (χ4n) is 1.55. The van der Waals surface area contributed by atoms with Crippen molar-refractivity contribution in [1.82, 2.24) is 4.98 Å². The van der Waals surface area contributed by atoms with Crippen molar-refractivity contribution >= 4 is 11.6 Å². The van der Waals surface area contributed by atoms with E-state index in [0.717, 1.165) is 5.56 Å². The second-order valence-electron chi connectivity index (χ2n) is 3.75. The van der Waals surface area contributed by atoms with Gasteiger partial charge < -0.3 is 9.47 Å². The maximum atomic E-state index is 8.99. The van der Waals surface area contributed by atoms with E-state index in [-0.39, 0.29) is 0 Å². The molecule has 0 saturated heterocycles. The third-order valence-electron chi connectivity index (χ3n) is 2.49. The van der Waals surface area contributed by atoms with E-state index in [1.165, 1.54) is 7.11 Å². The van der Waals surface area contributed by atoms with Crippen molar-refractivity contribution in [1.29, 1.82) is 5.26 Å². The average molecular weight is 275 g/mol. The summed E-state index contributed by atoms with van der Waals surface area (Å²) in [5, 5.41) is 9.41. The third kappa shape index (κ3) is 3.36. The number of ether oxygens (including phenoxy) is 2. The first kappa shape index (κ1) is 13.2. The minimum absolute atomic E-state index is 0.349. The van der Waals surface area contributed by atoms with Gasteiger partial charge in [-0.05, 0) is 29.8 Å². The Hall–Kier alpha value is -2.25. The number of methoxy groups -OCH3 is 1. The predicted molar refractivity (Wildman–Crippen MR) is 71.3 cm³/mol. The van der Waals surface area contributed by atoms with E-state index in [9.17, 15) is 0 Å². The highest BCUT2D eigenvalue weighted by Gasteiger charge is 2.04. The molecular formula is C14H11ClN2O2. The first-order valence-corrected chi connectivity index (χ1v) is 5.92. The second kappa shape index (κ2) is 6.07. The number of halogens is 1. The van der Waals surface area contributed by atoms with Crippen LogP contribution < -0.4 is 9.47 Å². The molecule has 0 amide bonds. The number of pyridine rings is 1. The molecule has 4 nitrogen and oxygen atoms in total. The van der Waals surface area contributed by atoms with Gasteiger partial charge in [-0.2, -0.15) is 5.26 Å². The first-order valence-electron chi connectivity index (χ1n) is 5.54. The smallest absolute Gasteiger partial charge is 0.138 e. The minimum atomic E-state index is 0.349. The Labute approximate surface area is 116 Å². The molecule has 2 rings (SSSR count). The van der Waals surface area contributed by atoms with Crippen LogP contribution in [0.4, 0.5) is 0 Å². The maximum absolute atomic E-state index is 8.99. The summed E-state index contributed by atoms with van der Waals surface area (Å²) in [6.07, 6.45) is 1.55. The summed E-state index contributed by atoms with van der Waals surface area (Å²) in [7, 11) is 1.53. The lowest BCUT2D eigenvalue weighted by molar-refractivity contribution is 0.304. The molecule has 0 spiro atoms. The number of benzene rings is 1. The summed E-state index contributed by atoms with van der Waals surface area (Å²) in [5.41, 5.74) is 1.37. The summed E-state index contributed by atoms with van der Waals surface area (Å²) in [5.74, 6) is 1.18. The van der Waals surface area contributed by atoms with Gasteiger partial charge in [0.05, 0.1) is 18.9 Å². The molecule has 0 N–H and O–H groups in total. The monoisotopic (exact) mass is 274 g/mol. The van der Waals surface area contributed by atoms with Crippen LogP contribution in [0.3, 0.4) is 0 Å². The standard InChI is InChI=1S/C14H11ClN2O2/c1-18-13-4-2-10(6-11(13)7-16)9-19-12-3-5-14(15)17-8-12/h2-6,8H,9H2,1H3. The lowest BCUT2D eigenvalue weighted by Gasteiger charge is -2.08. The predicted octanol–water partition coefficient (Wildman–Crippen LogP) is 3.19. The highest BCUT2D eigenvalue weighted by Crippen LogP contribution is 2.20. The van der Waals surface area contributed by atoms with Crippen molar-refractivity contribution in [2.75, 3.05) is 7.11 Å². The van der Waals surface area contributed by atoms with E-state index in [4.69, 9.17) is 26.3 Å². The van der Waals surface area contributed by atoms with E-state index in [1.54, 1.807) is 30.5 Å². The highest BCUT2D eigenvalue weighted by molar-refractivity contribution is 6.29. The Kier molecular flexibility index (Phi) is 4.22. The molecule has 96 valence electrons. The summed E-state index contributed by atoms with van der Waals surface area (Å²) >= 11 is 5.69. The van der Waals surface area contributed by atoms with Crippen molar-refractivity contribution in [3.8, 4) is 17.6 Å². The molecule has 1 aromatic heterocycles. The number of nitriles is 1. The zero-order chi connectivity index (χ0) is 13.7. The van der Waals surface area contributed by atoms with Crippen molar-refractivity contribution in [2.45, 2.75) is 6.61 Å². The van der Waals surface area contributed by atoms with Crippen LogP contribution in [0.5, 0.6) is 11.5 Å². The molecule has 1 heterocycles. The van der Waals surface area contributed by atoms with Gasteiger partial charge in [0, 0.05) is 0 Å². The molecule has 0 aliphatic carbocycles. The summed E-state index contributed by atoms with van der Waals surface area (Å²) < 4.78 is 10.6. The van der Waals surface area contributed by atoms with Crippen LogP contribution in [0.25, 0.3) is 0 Å². The topological polar surface area (TPSA) is 55.1 Å². The number of aromatic nitrogens is 1. The zero-order valence-corrected chi connectivity index (χ0v) is 11.0. The van der Waals surface area contributed by atoms with Crippen LogP contribution in [0.1, 0.15) is 11.1 Å². The highest BCUT2D eigenvalue weighted by atomic mass is 35.5. The van der Waals surface area contributed by atoms with Crippen LogP contribution in [-0.4, -0.2) is 12.1 Å². The molecule has 0 aliphatic heterocycles. The fraction of sp³-hybridized carbons (Fsp3) is 0.143. The van der Waals surface area contributed by atoms with Gasteiger partial charge in [0.25, 0.3) is 0 Å². The van der Waals surface area contributed by atoms with E-state index >= 15 is 0 Å². The molecule has 0 fully saturated rings. The lowest BCUT2D eigenvalue weighted by atomic mass is 10.1. The van der Waals surface area contributed by atoms with Crippen LogP contribution in [-0.2, 0) is 6.61 Å². The Bertz CT molecular complexity index is 606. The molecule has 0 aliphatic rings. The summed E-state index contributed by atoms with van der Waals surface area (Å²) in [4.78, 5) is 3.92. The number of nitrogens with zero attached hydrogens (tertiary/aromatic N) is 2. The molecule has 0 unspecified atom stereocenters. The van der Waals surface area contributed by atoms with Crippen LogP contribution in [0.15, 0.2) is 36.5 Å². The second-order valence-corrected chi connectivity index (χ2v) is 4.14. The quantitative estimate of drug-likeness (QED) is 0.804. The molecule has 0 saturated carbocycles. The number of hydrogen-bond acceptors (Lipinski definition) is 4. The van der Waals surface area contributed by atoms with Gasteiger partial charge in [0.2, 0.25) is 0 Å². The fourth-order valence-corrected chi connectivity index (χ4v) is 1.66. The largest absolute Gasteiger partial charge is 0.495 e. The Balaban J connectivity index is 2.08. The molecule has 5 heteroatoms. The van der Waals surface area contributed by atoms with Gasteiger partial charge in [0.15, 0.2) is 0 Å². The van der Waals surface area contributed by atoms with E-state index in [1.807, 2.05) is 6.07 Å². The van der Waals surface area contributed by atoms with Crippen molar-refractivity contribution in [3.63, 3.8) is 0 Å². The number of rotatable bonds is 4. The molecule has 1 aromatic carbocycles. The van der Waals surface area contributed by atoms with Crippen molar-refractivity contribution < 1.29 is 9.47 Å². The van der Waals surface area contributed by atoms with E-state index < -0.39 is 0 Å². The van der Waals surface area contributed by atoms with E-state index in [2.05, 4.69) is 11.1 Å². The molecule has 0 bridgehead atoms. The minimum Gasteiger partial charge on any atom is -0.495 e. The molecule has 19 heavy (non-hydrogen) atoms. The SMILES string of the molecule is COc1ccc(COc2ccc(Cl)nc2)cc1C#N. The molecular weight excluding hydrogens is 264 g/mol. The van der Waals surface area contributed by atoms with Gasteiger partial charge in [-0.1, -0.05) is 17.7 Å². The summed E-state index contributed by atoms with van der Waals surface area (Å²) in [6, 6.07) is 10.8. The summed E-state index contributed by atoms with van der Waals surface area (Å²) in [6.45, 7) is 0.349. The third-order valence-corrected chi connectivity index (χ3v) is 2.71. The van der Waals surface area contributed by atoms with Crippen LogP contribution in [0.2, 0.25) is 5.15 Å². The average Bonchev–Trinajstić information content (AvgIpc) is 2.46. The Morgan fingerprint density at radius 2 is 2.16 bits per heavy atom. The van der Waals surface area contributed by atoms with Gasteiger partial charge in [-0.15, -0.1) is 0 Å². The van der Waals surface area contributed by atoms with Gasteiger partial charge >= 0.3 is 0 Å². The first-order chi connectivity index (χ1) is 9.22. The van der Waals surface area contributed by atoms with Crippen molar-refractivity contribution in [2.24, 2.45) is 0 Å². The van der Waals surface area contributed by atoms with Crippen LogP contribution >= 0.6 is 11.6 Å². The lowest BCUT2D eigenvalue weighted by Crippen LogP contribution is -1.97.